The Morgan fingerprint density at radius 2 is 2.05 bits per heavy atom. The van der Waals surface area contributed by atoms with E-state index in [2.05, 4.69) is 34.8 Å². The summed E-state index contributed by atoms with van der Waals surface area (Å²) < 4.78 is 0. The third-order valence-electron chi connectivity index (χ3n) is 3.83. The van der Waals surface area contributed by atoms with Gasteiger partial charge in [0.2, 0.25) is 0 Å². The molecule has 1 aromatic carbocycles. The molecule has 3 N–H and O–H groups in total. The summed E-state index contributed by atoms with van der Waals surface area (Å²) in [6, 6.07) is 8.36. The fourth-order valence-electron chi connectivity index (χ4n) is 2.43. The quantitative estimate of drug-likeness (QED) is 0.786. The van der Waals surface area contributed by atoms with E-state index in [1.807, 2.05) is 31.3 Å². The van der Waals surface area contributed by atoms with Crippen molar-refractivity contribution in [1.82, 2.24) is 15.5 Å². The molecule has 1 fully saturated rings. The SMILES string of the molecule is CNC(C)c1ccc(NC(=O)NC2CCN(C)C2)cc1. The van der Waals surface area contributed by atoms with E-state index in [1.165, 1.54) is 5.56 Å². The van der Waals surface area contributed by atoms with Gasteiger partial charge in [-0.25, -0.2) is 4.79 Å². The van der Waals surface area contributed by atoms with Crippen LogP contribution in [0.5, 0.6) is 0 Å². The molecule has 1 aliphatic rings. The van der Waals surface area contributed by atoms with Crippen LogP contribution in [0.2, 0.25) is 0 Å². The number of hydrogen-bond donors (Lipinski definition) is 3. The number of nitrogens with one attached hydrogen (secondary N) is 3. The van der Waals surface area contributed by atoms with Gasteiger partial charge in [-0.15, -0.1) is 0 Å². The molecule has 5 heteroatoms. The van der Waals surface area contributed by atoms with Crippen molar-refractivity contribution in [2.24, 2.45) is 0 Å². The van der Waals surface area contributed by atoms with E-state index in [1.54, 1.807) is 0 Å². The highest BCUT2D eigenvalue weighted by molar-refractivity contribution is 5.89. The summed E-state index contributed by atoms with van der Waals surface area (Å²) in [5.74, 6) is 0. The zero-order chi connectivity index (χ0) is 14.5. The lowest BCUT2D eigenvalue weighted by Gasteiger charge is -2.15. The van der Waals surface area contributed by atoms with Crippen molar-refractivity contribution in [3.05, 3.63) is 29.8 Å². The van der Waals surface area contributed by atoms with Gasteiger partial charge in [0.15, 0.2) is 0 Å². The average molecular weight is 276 g/mol. The highest BCUT2D eigenvalue weighted by Crippen LogP contribution is 2.15. The Morgan fingerprint density at radius 1 is 1.35 bits per heavy atom. The Hall–Kier alpha value is -1.59. The molecule has 2 rings (SSSR count). The first kappa shape index (κ1) is 14.8. The number of likely N-dealkylation sites (tertiary alicyclic amines) is 1. The van der Waals surface area contributed by atoms with E-state index >= 15 is 0 Å². The molecule has 1 saturated heterocycles. The van der Waals surface area contributed by atoms with E-state index in [4.69, 9.17) is 0 Å². The molecule has 0 spiro atoms. The topological polar surface area (TPSA) is 56.4 Å². The van der Waals surface area contributed by atoms with Crippen molar-refractivity contribution in [3.63, 3.8) is 0 Å². The number of benzene rings is 1. The number of anilines is 1. The van der Waals surface area contributed by atoms with Crippen LogP contribution in [0.4, 0.5) is 10.5 Å². The number of hydrogen-bond acceptors (Lipinski definition) is 3. The lowest BCUT2D eigenvalue weighted by Crippen LogP contribution is -2.39. The van der Waals surface area contributed by atoms with Crippen molar-refractivity contribution < 1.29 is 4.79 Å². The normalized spacial score (nSPS) is 20.6. The van der Waals surface area contributed by atoms with Crippen molar-refractivity contribution in [3.8, 4) is 0 Å². The summed E-state index contributed by atoms with van der Waals surface area (Å²) in [5.41, 5.74) is 2.02. The minimum Gasteiger partial charge on any atom is -0.334 e. The predicted octanol–water partition coefficient (Wildman–Crippen LogP) is 1.79. The summed E-state index contributed by atoms with van der Waals surface area (Å²) in [4.78, 5) is 14.1. The molecule has 0 radical (unpaired) electrons. The first-order valence-electron chi connectivity index (χ1n) is 7.12. The van der Waals surface area contributed by atoms with Crippen molar-refractivity contribution in [1.29, 1.82) is 0 Å². The minimum absolute atomic E-state index is 0.125. The van der Waals surface area contributed by atoms with Crippen LogP contribution in [-0.2, 0) is 0 Å². The van der Waals surface area contributed by atoms with Crippen LogP contribution < -0.4 is 16.0 Å². The fraction of sp³-hybridized carbons (Fsp3) is 0.533. The lowest BCUT2D eigenvalue weighted by atomic mass is 10.1. The molecule has 5 nitrogen and oxygen atoms in total. The van der Waals surface area contributed by atoms with Crippen LogP contribution in [0.25, 0.3) is 0 Å². The molecule has 0 bridgehead atoms. The summed E-state index contributed by atoms with van der Waals surface area (Å²) in [5, 5.41) is 9.07. The molecule has 0 aromatic heterocycles. The van der Waals surface area contributed by atoms with Crippen LogP contribution in [0, 0.1) is 0 Å². The Bertz CT molecular complexity index is 446. The zero-order valence-corrected chi connectivity index (χ0v) is 12.4. The average Bonchev–Trinajstić information content (AvgIpc) is 2.84. The minimum atomic E-state index is -0.125. The Balaban J connectivity index is 1.85. The predicted molar refractivity (Wildman–Crippen MR) is 82.0 cm³/mol. The van der Waals surface area contributed by atoms with Crippen LogP contribution in [0.1, 0.15) is 24.9 Å². The summed E-state index contributed by atoms with van der Waals surface area (Å²) >= 11 is 0. The van der Waals surface area contributed by atoms with Gasteiger partial charge in [-0.05, 0) is 51.7 Å². The molecular formula is C15H24N4O. The Labute approximate surface area is 120 Å². The maximum absolute atomic E-state index is 11.9. The Kier molecular flexibility index (Phi) is 4.98. The lowest BCUT2D eigenvalue weighted by molar-refractivity contribution is 0.248. The van der Waals surface area contributed by atoms with E-state index in [-0.39, 0.29) is 12.1 Å². The van der Waals surface area contributed by atoms with Gasteiger partial charge in [0.1, 0.15) is 0 Å². The van der Waals surface area contributed by atoms with Gasteiger partial charge in [-0.1, -0.05) is 12.1 Å². The second kappa shape index (κ2) is 6.72. The maximum Gasteiger partial charge on any atom is 0.319 e. The smallest absolute Gasteiger partial charge is 0.319 e. The van der Waals surface area contributed by atoms with E-state index in [0.717, 1.165) is 25.2 Å². The van der Waals surface area contributed by atoms with Crippen LogP contribution in [0.3, 0.4) is 0 Å². The number of nitrogens with zero attached hydrogens (tertiary/aromatic N) is 1. The van der Waals surface area contributed by atoms with Gasteiger partial charge in [-0.2, -0.15) is 0 Å². The second-order valence-electron chi connectivity index (χ2n) is 5.48. The van der Waals surface area contributed by atoms with Crippen LogP contribution in [-0.4, -0.2) is 44.2 Å². The van der Waals surface area contributed by atoms with Crippen molar-refractivity contribution in [2.75, 3.05) is 32.5 Å². The van der Waals surface area contributed by atoms with E-state index in [0.29, 0.717) is 6.04 Å². The van der Waals surface area contributed by atoms with Gasteiger partial charge in [0.25, 0.3) is 0 Å². The highest BCUT2D eigenvalue weighted by atomic mass is 16.2. The largest absolute Gasteiger partial charge is 0.334 e. The van der Waals surface area contributed by atoms with Gasteiger partial charge in [0, 0.05) is 24.3 Å². The van der Waals surface area contributed by atoms with Gasteiger partial charge < -0.3 is 20.9 Å². The second-order valence-corrected chi connectivity index (χ2v) is 5.48. The number of carbonyl (C=O) groups is 1. The first-order valence-corrected chi connectivity index (χ1v) is 7.12. The first-order chi connectivity index (χ1) is 9.58. The molecule has 110 valence electrons. The molecule has 20 heavy (non-hydrogen) atoms. The number of urea groups is 1. The van der Waals surface area contributed by atoms with Gasteiger partial charge in [0.05, 0.1) is 0 Å². The van der Waals surface area contributed by atoms with Crippen LogP contribution in [0.15, 0.2) is 24.3 Å². The zero-order valence-electron chi connectivity index (χ0n) is 12.4. The number of likely N-dealkylation sites (N-methyl/N-ethyl adjacent to an activating group) is 1. The standard InChI is InChI=1S/C15H24N4O/c1-11(16-2)12-4-6-13(7-5-12)17-15(20)18-14-8-9-19(3)10-14/h4-7,11,14,16H,8-10H2,1-3H3,(H2,17,18,20). The third-order valence-corrected chi connectivity index (χ3v) is 3.83. The van der Waals surface area contributed by atoms with Crippen molar-refractivity contribution >= 4 is 11.7 Å². The van der Waals surface area contributed by atoms with E-state index in [9.17, 15) is 4.79 Å². The van der Waals surface area contributed by atoms with Crippen molar-refractivity contribution in [2.45, 2.75) is 25.4 Å². The summed E-state index contributed by atoms with van der Waals surface area (Å²) in [6.07, 6.45) is 1.02. The molecule has 1 aliphatic heterocycles. The van der Waals surface area contributed by atoms with E-state index < -0.39 is 0 Å². The van der Waals surface area contributed by atoms with Gasteiger partial charge >= 0.3 is 6.03 Å². The highest BCUT2D eigenvalue weighted by Gasteiger charge is 2.20. The maximum atomic E-state index is 11.9. The number of amides is 2. The molecule has 0 aliphatic carbocycles. The molecule has 1 aromatic rings. The summed E-state index contributed by atoms with van der Waals surface area (Å²) in [6.45, 7) is 4.07. The van der Waals surface area contributed by atoms with Gasteiger partial charge in [-0.3, -0.25) is 0 Å². The number of carbonyl (C=O) groups excluding carboxylic acids is 1. The molecule has 0 saturated carbocycles. The fourth-order valence-corrected chi connectivity index (χ4v) is 2.43. The number of rotatable bonds is 4. The Morgan fingerprint density at radius 3 is 2.60 bits per heavy atom. The molecule has 2 unspecified atom stereocenters. The molecular weight excluding hydrogens is 252 g/mol. The summed E-state index contributed by atoms with van der Waals surface area (Å²) in [7, 11) is 4.00. The molecule has 1 heterocycles. The van der Waals surface area contributed by atoms with Crippen LogP contribution >= 0.6 is 0 Å². The monoisotopic (exact) mass is 276 g/mol. The molecule has 2 amide bonds. The third kappa shape index (κ3) is 3.95. The molecule has 2 atom stereocenters.